The Morgan fingerprint density at radius 2 is 1.94 bits per heavy atom. The first-order chi connectivity index (χ1) is 15.5. The van der Waals surface area contributed by atoms with Gasteiger partial charge in [0.1, 0.15) is 4.90 Å². The van der Waals surface area contributed by atoms with Crippen molar-refractivity contribution >= 4 is 26.4 Å². The second-order valence-electron chi connectivity index (χ2n) is 10.5. The highest BCUT2D eigenvalue weighted by Gasteiger charge is 2.60. The highest BCUT2D eigenvalue weighted by atomic mass is 32.2. The normalized spacial score (nSPS) is 25.5. The molecule has 2 aromatic heterocycles. The van der Waals surface area contributed by atoms with Gasteiger partial charge in [-0.15, -0.1) is 11.3 Å². The largest absolute Gasteiger partial charge is 0.358 e. The van der Waals surface area contributed by atoms with Crippen molar-refractivity contribution in [2.45, 2.75) is 63.3 Å². The molecule has 0 bridgehead atoms. The highest BCUT2D eigenvalue weighted by molar-refractivity contribution is 7.87. The van der Waals surface area contributed by atoms with Crippen molar-refractivity contribution in [3.63, 3.8) is 0 Å². The molecule has 3 atom stereocenters. The lowest BCUT2D eigenvalue weighted by Gasteiger charge is -2.33. The lowest BCUT2D eigenvalue weighted by atomic mass is 9.82. The van der Waals surface area contributed by atoms with Crippen molar-refractivity contribution in [3.05, 3.63) is 57.3 Å². The van der Waals surface area contributed by atoms with Crippen LogP contribution in [0.5, 0.6) is 5.88 Å². The maximum atomic E-state index is 12.7. The van der Waals surface area contributed by atoms with Crippen LogP contribution in [0.15, 0.2) is 46.2 Å². The molecule has 7 nitrogen and oxygen atoms in total. The number of hydrogen-bond donors (Lipinski definition) is 1. The summed E-state index contributed by atoms with van der Waals surface area (Å²) in [5.74, 6) is 0.797. The molecule has 0 radical (unpaired) electrons. The molecule has 1 aliphatic carbocycles. The van der Waals surface area contributed by atoms with Crippen LogP contribution in [-0.2, 0) is 10.1 Å². The van der Waals surface area contributed by atoms with E-state index in [2.05, 4.69) is 31.1 Å². The van der Waals surface area contributed by atoms with Gasteiger partial charge in [-0.2, -0.15) is 13.4 Å². The fourth-order valence-corrected chi connectivity index (χ4v) is 7.20. The van der Waals surface area contributed by atoms with Gasteiger partial charge in [-0.3, -0.25) is 9.20 Å². The average Bonchev–Trinajstić information content (AvgIpc) is 3.25. The Labute approximate surface area is 198 Å². The fraction of sp³-hybridized carbons (Fsp3) is 0.500. The number of piperidine rings is 1. The van der Waals surface area contributed by atoms with Crippen LogP contribution >= 0.6 is 11.3 Å². The predicted molar refractivity (Wildman–Crippen MR) is 129 cm³/mol. The second kappa shape index (κ2) is 7.65. The van der Waals surface area contributed by atoms with Gasteiger partial charge in [-0.05, 0) is 62.1 Å². The van der Waals surface area contributed by atoms with Crippen LogP contribution in [-0.4, -0.2) is 29.9 Å². The van der Waals surface area contributed by atoms with E-state index in [0.717, 1.165) is 35.9 Å². The highest BCUT2D eigenvalue weighted by Crippen LogP contribution is 2.59. The van der Waals surface area contributed by atoms with Crippen LogP contribution < -0.4 is 15.1 Å². The van der Waals surface area contributed by atoms with E-state index < -0.39 is 10.1 Å². The number of aryl methyl sites for hydroxylation is 1. The fourth-order valence-electron chi connectivity index (χ4n) is 5.21. The van der Waals surface area contributed by atoms with Gasteiger partial charge < -0.3 is 9.50 Å². The van der Waals surface area contributed by atoms with Gasteiger partial charge in [-0.25, -0.2) is 0 Å². The van der Waals surface area contributed by atoms with E-state index in [0.29, 0.717) is 16.8 Å². The van der Waals surface area contributed by atoms with Crippen LogP contribution in [0.3, 0.4) is 0 Å². The molecule has 2 aliphatic rings. The lowest BCUT2D eigenvalue weighted by Crippen LogP contribution is -2.42. The first-order valence-electron chi connectivity index (χ1n) is 11.3. The van der Waals surface area contributed by atoms with Crippen molar-refractivity contribution < 1.29 is 12.6 Å². The minimum Gasteiger partial charge on any atom is -0.358 e. The summed E-state index contributed by atoms with van der Waals surface area (Å²) >= 11 is 1.44. The Morgan fingerprint density at radius 3 is 2.61 bits per heavy atom. The van der Waals surface area contributed by atoms with Gasteiger partial charge in [0.05, 0.1) is 6.07 Å². The standard InChI is InChI=1S/C24H29N3O4S2/c1-15-5-7-17(8-6-15)33(29,30)31-20-11-21(28)27-14-18(32-22(27)26-20)16-9-10-25-24(12-16)13-19(24)23(2,3)4/h5-8,11,14,16,19,25H,9-10,12-13H2,1-4H3/t16-,19?,24?/m0/s1. The SMILES string of the molecule is Cc1ccc(S(=O)(=O)Oc2cc(=O)n3cc([C@H]4CCNC5(CC5C(C)(C)C)C4)sc3n2)cc1. The number of benzene rings is 1. The van der Waals surface area contributed by atoms with Crippen LogP contribution in [0.4, 0.5) is 0 Å². The zero-order valence-electron chi connectivity index (χ0n) is 19.3. The molecule has 1 aliphatic heterocycles. The number of hydrogen-bond acceptors (Lipinski definition) is 7. The average molecular weight is 488 g/mol. The Morgan fingerprint density at radius 1 is 1.21 bits per heavy atom. The Kier molecular flexibility index (Phi) is 5.23. The zero-order valence-corrected chi connectivity index (χ0v) is 20.9. The van der Waals surface area contributed by atoms with Crippen molar-refractivity contribution in [3.8, 4) is 5.88 Å². The molecule has 1 saturated carbocycles. The van der Waals surface area contributed by atoms with Gasteiger partial charge in [0, 0.05) is 16.6 Å². The molecule has 2 unspecified atom stereocenters. The van der Waals surface area contributed by atoms with Gasteiger partial charge in [0.25, 0.3) is 5.56 Å². The van der Waals surface area contributed by atoms with E-state index in [1.165, 1.54) is 34.3 Å². The number of nitrogens with zero attached hydrogens (tertiary/aromatic N) is 2. The molecule has 3 aromatic rings. The molecular formula is C24H29N3O4S2. The molecule has 3 heterocycles. The minimum atomic E-state index is -4.07. The third-order valence-corrected chi connectivity index (χ3v) is 9.35. The molecule has 176 valence electrons. The summed E-state index contributed by atoms with van der Waals surface area (Å²) in [6.07, 6.45) is 5.10. The van der Waals surface area contributed by atoms with Gasteiger partial charge in [0.15, 0.2) is 4.96 Å². The van der Waals surface area contributed by atoms with E-state index in [-0.39, 0.29) is 27.3 Å². The number of aromatic nitrogens is 2. The van der Waals surface area contributed by atoms with Crippen molar-refractivity contribution in [2.24, 2.45) is 11.3 Å². The smallest absolute Gasteiger partial charge is 0.340 e. The summed E-state index contributed by atoms with van der Waals surface area (Å²) in [7, 11) is -4.07. The van der Waals surface area contributed by atoms with Crippen molar-refractivity contribution in [1.82, 2.24) is 14.7 Å². The molecule has 1 spiro atoms. The molecule has 0 amide bonds. The lowest BCUT2D eigenvalue weighted by molar-refractivity contribution is 0.249. The topological polar surface area (TPSA) is 89.8 Å². The van der Waals surface area contributed by atoms with Gasteiger partial charge in [0.2, 0.25) is 5.88 Å². The van der Waals surface area contributed by atoms with E-state index in [1.54, 1.807) is 12.1 Å². The molecular weight excluding hydrogens is 458 g/mol. The first kappa shape index (κ1) is 22.6. The summed E-state index contributed by atoms with van der Waals surface area (Å²) in [6.45, 7) is 9.72. The van der Waals surface area contributed by atoms with Crippen molar-refractivity contribution in [2.75, 3.05) is 6.54 Å². The van der Waals surface area contributed by atoms with Gasteiger partial charge >= 0.3 is 10.1 Å². The quantitative estimate of drug-likeness (QED) is 0.557. The van der Waals surface area contributed by atoms with E-state index in [9.17, 15) is 13.2 Å². The Balaban J connectivity index is 1.41. The van der Waals surface area contributed by atoms with Crippen LogP contribution in [0.25, 0.3) is 4.96 Å². The van der Waals surface area contributed by atoms with E-state index in [4.69, 9.17) is 4.18 Å². The monoisotopic (exact) mass is 487 g/mol. The molecule has 33 heavy (non-hydrogen) atoms. The maximum absolute atomic E-state index is 12.7. The Bertz CT molecular complexity index is 1370. The number of fused-ring (bicyclic) bond motifs is 1. The minimum absolute atomic E-state index is 0.0276. The van der Waals surface area contributed by atoms with Crippen LogP contribution in [0.1, 0.15) is 56.4 Å². The Hall–Kier alpha value is -2.23. The zero-order chi connectivity index (χ0) is 23.6. The predicted octanol–water partition coefficient (Wildman–Crippen LogP) is 4.10. The molecule has 1 aromatic carbocycles. The van der Waals surface area contributed by atoms with Crippen LogP contribution in [0.2, 0.25) is 0 Å². The molecule has 9 heteroatoms. The first-order valence-corrected chi connectivity index (χ1v) is 13.5. The summed E-state index contributed by atoms with van der Waals surface area (Å²) < 4.78 is 32.0. The number of nitrogens with one attached hydrogen (secondary N) is 1. The third kappa shape index (κ3) is 4.22. The molecule has 2 fully saturated rings. The number of thiazole rings is 1. The summed E-state index contributed by atoms with van der Waals surface area (Å²) in [4.78, 5) is 18.7. The van der Waals surface area contributed by atoms with Gasteiger partial charge in [-0.1, -0.05) is 38.5 Å². The number of rotatable bonds is 4. The third-order valence-electron chi connectivity index (χ3n) is 6.97. The summed E-state index contributed by atoms with van der Waals surface area (Å²) in [6, 6.07) is 7.49. The van der Waals surface area contributed by atoms with E-state index >= 15 is 0 Å². The van der Waals surface area contributed by atoms with Crippen LogP contribution in [0, 0.1) is 18.3 Å². The van der Waals surface area contributed by atoms with E-state index in [1.807, 2.05) is 13.1 Å². The molecule has 1 N–H and O–H groups in total. The molecule has 5 rings (SSSR count). The van der Waals surface area contributed by atoms with Crippen molar-refractivity contribution in [1.29, 1.82) is 0 Å². The second-order valence-corrected chi connectivity index (χ2v) is 13.1. The summed E-state index contributed by atoms with van der Waals surface area (Å²) in [5, 5.41) is 3.76. The summed E-state index contributed by atoms with van der Waals surface area (Å²) in [5.41, 5.74) is 1.05. The molecule has 1 saturated heterocycles. The maximum Gasteiger partial charge on any atom is 0.340 e.